The van der Waals surface area contributed by atoms with Gasteiger partial charge >= 0.3 is 176 Å². The van der Waals surface area contributed by atoms with E-state index in [1.165, 1.54) is 33.4 Å². The van der Waals surface area contributed by atoms with Crippen LogP contribution < -0.4 is 24.8 Å². The summed E-state index contributed by atoms with van der Waals surface area (Å²) in [5.74, 6) is 0. The Morgan fingerprint density at radius 2 is 1.03 bits per heavy atom. The number of aryl methyl sites for hydroxylation is 2. The van der Waals surface area contributed by atoms with E-state index in [0.29, 0.717) is 0 Å². The molecule has 0 N–H and O–H groups in total. The summed E-state index contributed by atoms with van der Waals surface area (Å²) in [6, 6.07) is 18.3. The zero-order valence-corrected chi connectivity index (χ0v) is 21.3. The predicted octanol–water partition coefficient (Wildman–Crippen LogP) is 0.517. The third-order valence-electron chi connectivity index (χ3n) is 5.53. The fraction of sp³-hybridized carbons (Fsp3) is 0.231. The number of halogens is 2. The van der Waals surface area contributed by atoms with Crippen molar-refractivity contribution in [3.63, 3.8) is 0 Å². The van der Waals surface area contributed by atoms with Crippen molar-refractivity contribution in [2.24, 2.45) is 0 Å². The SMILES string of the molecule is CC1=C[C]([Zr+2][C]2(c3cccc(C)c3)C=CC(C)=C2)(c2cccc(C)c2)C=C1.[Cl-].[Cl-]. The van der Waals surface area contributed by atoms with E-state index in [2.05, 4.69) is 113 Å². The maximum absolute atomic E-state index is 2.53. The molecule has 2 aliphatic rings. The van der Waals surface area contributed by atoms with Crippen LogP contribution in [0.15, 0.2) is 96.1 Å². The third-order valence-corrected chi connectivity index (χ3v) is 10.5. The van der Waals surface area contributed by atoms with Crippen molar-refractivity contribution in [1.29, 1.82) is 0 Å². The molecule has 0 bridgehead atoms. The van der Waals surface area contributed by atoms with Gasteiger partial charge in [-0.1, -0.05) is 0 Å². The van der Waals surface area contributed by atoms with Gasteiger partial charge < -0.3 is 24.8 Å². The van der Waals surface area contributed by atoms with Gasteiger partial charge in [0.25, 0.3) is 0 Å². The molecule has 0 fully saturated rings. The monoisotopic (exact) mass is 498 g/mol. The molecule has 0 heterocycles. The van der Waals surface area contributed by atoms with Gasteiger partial charge in [-0.25, -0.2) is 0 Å². The summed E-state index contributed by atoms with van der Waals surface area (Å²) in [4.78, 5) is 0. The number of allylic oxidation sites excluding steroid dienone is 8. The van der Waals surface area contributed by atoms with Gasteiger partial charge in [-0.05, 0) is 0 Å². The Morgan fingerprint density at radius 3 is 1.34 bits per heavy atom. The van der Waals surface area contributed by atoms with Crippen molar-refractivity contribution >= 4 is 0 Å². The maximum Gasteiger partial charge on any atom is -1.00 e. The molecule has 0 amide bonds. The van der Waals surface area contributed by atoms with Crippen LogP contribution in [0.3, 0.4) is 0 Å². The molecule has 148 valence electrons. The second kappa shape index (κ2) is 9.34. The van der Waals surface area contributed by atoms with Crippen LogP contribution in [-0.4, -0.2) is 0 Å². The van der Waals surface area contributed by atoms with Gasteiger partial charge in [-0.15, -0.1) is 0 Å². The Kier molecular flexibility index (Phi) is 7.77. The number of hydrogen-bond donors (Lipinski definition) is 0. The Morgan fingerprint density at radius 1 is 0.621 bits per heavy atom. The van der Waals surface area contributed by atoms with Crippen molar-refractivity contribution in [3.05, 3.63) is 118 Å². The number of rotatable bonds is 4. The molecule has 2 unspecified atom stereocenters. The summed E-state index contributed by atoms with van der Waals surface area (Å²) in [6.07, 6.45) is 14.7. The normalized spacial score (nSPS) is 24.3. The molecule has 3 heteroatoms. The molecular formula is C26H26Cl2Zr. The second-order valence-corrected chi connectivity index (χ2v) is 12.7. The Bertz CT molecular complexity index is 933. The fourth-order valence-electron chi connectivity index (χ4n) is 4.24. The van der Waals surface area contributed by atoms with Gasteiger partial charge in [0.15, 0.2) is 0 Å². The fourth-order valence-corrected chi connectivity index (χ4v) is 9.69. The molecule has 4 rings (SSSR count). The summed E-state index contributed by atoms with van der Waals surface area (Å²) >= 11 is -1.04. The third kappa shape index (κ3) is 4.79. The zero-order valence-electron chi connectivity index (χ0n) is 17.3. The maximum atomic E-state index is 2.53. The van der Waals surface area contributed by atoms with Crippen LogP contribution in [0.2, 0.25) is 0 Å². The van der Waals surface area contributed by atoms with Crippen molar-refractivity contribution in [1.82, 2.24) is 0 Å². The summed E-state index contributed by atoms with van der Waals surface area (Å²) in [7, 11) is 0. The quantitative estimate of drug-likeness (QED) is 0.575. The van der Waals surface area contributed by atoms with Crippen molar-refractivity contribution in [2.75, 3.05) is 0 Å². The molecule has 29 heavy (non-hydrogen) atoms. The molecule has 0 saturated heterocycles. The number of hydrogen-bond acceptors (Lipinski definition) is 0. The molecule has 0 aromatic heterocycles. The summed E-state index contributed by atoms with van der Waals surface area (Å²) in [5.41, 5.74) is 8.38. The summed E-state index contributed by atoms with van der Waals surface area (Å²) in [6.45, 7) is 8.87. The van der Waals surface area contributed by atoms with Crippen LogP contribution in [0.5, 0.6) is 0 Å². The van der Waals surface area contributed by atoms with Crippen LogP contribution in [0.25, 0.3) is 0 Å². The molecule has 2 aromatic carbocycles. The molecule has 2 aromatic rings. The molecule has 0 radical (unpaired) electrons. The van der Waals surface area contributed by atoms with Crippen LogP contribution in [0.1, 0.15) is 36.1 Å². The molecule has 0 nitrogen and oxygen atoms in total. The van der Waals surface area contributed by atoms with Gasteiger partial charge in [-0.2, -0.15) is 0 Å². The zero-order chi connectivity index (χ0) is 19.1. The first kappa shape index (κ1) is 24.1. The van der Waals surface area contributed by atoms with Gasteiger partial charge in [0.2, 0.25) is 0 Å². The van der Waals surface area contributed by atoms with E-state index in [1.807, 2.05) is 0 Å². The molecule has 0 spiro atoms. The Balaban J connectivity index is 0.00000150. The molecule has 0 saturated carbocycles. The molecule has 2 aliphatic carbocycles. The largest absolute Gasteiger partial charge is 1.00 e. The van der Waals surface area contributed by atoms with Crippen molar-refractivity contribution in [2.45, 2.75) is 33.9 Å². The van der Waals surface area contributed by atoms with Gasteiger partial charge in [0, 0.05) is 0 Å². The Labute approximate surface area is 199 Å². The number of benzene rings is 2. The smallest absolute Gasteiger partial charge is 1.00 e. The van der Waals surface area contributed by atoms with E-state index >= 15 is 0 Å². The first-order valence-corrected chi connectivity index (χ1v) is 12.1. The van der Waals surface area contributed by atoms with Crippen molar-refractivity contribution < 1.29 is 48.0 Å². The second-order valence-electron chi connectivity index (χ2n) is 8.05. The van der Waals surface area contributed by atoms with Gasteiger partial charge in [0.05, 0.1) is 0 Å². The van der Waals surface area contributed by atoms with Crippen LogP contribution in [-0.2, 0) is 29.5 Å². The molecule has 2 atom stereocenters. The first-order valence-electron chi connectivity index (χ1n) is 9.62. The minimum Gasteiger partial charge on any atom is -1.00 e. The van der Waals surface area contributed by atoms with E-state index in [0.717, 1.165) is 0 Å². The molecular weight excluding hydrogens is 474 g/mol. The van der Waals surface area contributed by atoms with Gasteiger partial charge in [-0.3, -0.25) is 0 Å². The summed E-state index contributed by atoms with van der Waals surface area (Å²) in [5, 5.41) is 0. The minimum atomic E-state index is -1.04. The minimum absolute atomic E-state index is 0. The van der Waals surface area contributed by atoms with E-state index in [4.69, 9.17) is 0 Å². The first-order chi connectivity index (χ1) is 12.9. The van der Waals surface area contributed by atoms with Crippen LogP contribution in [0.4, 0.5) is 0 Å². The van der Waals surface area contributed by atoms with Crippen LogP contribution >= 0.6 is 0 Å². The van der Waals surface area contributed by atoms with Crippen LogP contribution in [0, 0.1) is 13.8 Å². The molecule has 0 aliphatic heterocycles. The van der Waals surface area contributed by atoms with E-state index in [-0.39, 0.29) is 31.1 Å². The average Bonchev–Trinajstić information content (AvgIpc) is 3.19. The topological polar surface area (TPSA) is 0 Å². The van der Waals surface area contributed by atoms with Gasteiger partial charge in [0.1, 0.15) is 0 Å². The van der Waals surface area contributed by atoms with E-state index in [9.17, 15) is 0 Å². The van der Waals surface area contributed by atoms with Crippen molar-refractivity contribution in [3.8, 4) is 0 Å². The van der Waals surface area contributed by atoms with E-state index in [1.54, 1.807) is 0 Å². The predicted molar refractivity (Wildman–Crippen MR) is 112 cm³/mol. The Hall–Kier alpha value is -1.14. The van der Waals surface area contributed by atoms with E-state index < -0.39 is 23.2 Å². The average molecular weight is 501 g/mol. The summed E-state index contributed by atoms with van der Waals surface area (Å²) < 4.78 is 0.184. The standard InChI is InChI=1S/2C13H13.2ClH.Zr/c2*1-10-4-3-5-12(8-10)13-7-6-11(2)9-13;;;/h2*3-9H,1-2H3;2*1H;/q;;;;+2/p-2.